The van der Waals surface area contributed by atoms with Crippen LogP contribution < -0.4 is 0 Å². The van der Waals surface area contributed by atoms with Gasteiger partial charge in [-0.2, -0.15) is 0 Å². The van der Waals surface area contributed by atoms with E-state index in [2.05, 4.69) is 24.0 Å². The Balaban J connectivity index is 1.90. The maximum atomic E-state index is 11.8. The molecule has 0 bridgehead atoms. The lowest BCUT2D eigenvalue weighted by molar-refractivity contribution is 0.105. The lowest BCUT2D eigenvalue weighted by Gasteiger charge is -1.95. The molecule has 19 heavy (non-hydrogen) atoms. The molecule has 2 rings (SSSR count). The van der Waals surface area contributed by atoms with E-state index in [0.717, 1.165) is 12.0 Å². The molecule has 0 atom stereocenters. The van der Waals surface area contributed by atoms with E-state index in [-0.39, 0.29) is 5.78 Å². The van der Waals surface area contributed by atoms with Crippen LogP contribution >= 0.6 is 0 Å². The van der Waals surface area contributed by atoms with Gasteiger partial charge in [-0.1, -0.05) is 66.1 Å². The second-order valence-corrected chi connectivity index (χ2v) is 4.48. The van der Waals surface area contributed by atoms with E-state index in [1.54, 1.807) is 0 Å². The summed E-state index contributed by atoms with van der Waals surface area (Å²) >= 11 is 0. The summed E-state index contributed by atoms with van der Waals surface area (Å²) in [5, 5.41) is 0. The van der Waals surface area contributed by atoms with Gasteiger partial charge in [0.1, 0.15) is 0 Å². The molecule has 1 heteroatoms. The highest BCUT2D eigenvalue weighted by Crippen LogP contribution is 2.04. The normalized spacial score (nSPS) is 9.53. The van der Waals surface area contributed by atoms with Crippen molar-refractivity contribution >= 4 is 5.78 Å². The summed E-state index contributed by atoms with van der Waals surface area (Å²) in [4.78, 5) is 11.8. The fourth-order valence-electron chi connectivity index (χ4n) is 1.77. The Morgan fingerprint density at radius 3 is 2.37 bits per heavy atom. The monoisotopic (exact) mass is 248 g/mol. The van der Waals surface area contributed by atoms with Crippen LogP contribution in [0.25, 0.3) is 0 Å². The minimum Gasteiger partial charge on any atom is -0.279 e. The highest BCUT2D eigenvalue weighted by molar-refractivity contribution is 6.08. The number of carbonyl (C=O) groups excluding carboxylic acids is 1. The predicted molar refractivity (Wildman–Crippen MR) is 78.0 cm³/mol. The van der Waals surface area contributed by atoms with Crippen molar-refractivity contribution in [3.63, 3.8) is 0 Å². The summed E-state index contributed by atoms with van der Waals surface area (Å²) < 4.78 is 0. The molecule has 2 aromatic rings. The molecule has 0 amide bonds. The van der Waals surface area contributed by atoms with Crippen LogP contribution in [0.4, 0.5) is 0 Å². The molecule has 0 spiro atoms. The van der Waals surface area contributed by atoms with E-state index in [1.807, 2.05) is 49.4 Å². The molecule has 0 aromatic heterocycles. The number of aryl methyl sites for hydroxylation is 2. The maximum absolute atomic E-state index is 11.8. The molecule has 0 saturated heterocycles. The van der Waals surface area contributed by atoms with Gasteiger partial charge < -0.3 is 0 Å². The molecular weight excluding hydrogens is 232 g/mol. The molecule has 0 radical (unpaired) electrons. The Kier molecular flexibility index (Phi) is 4.53. The molecule has 0 saturated carbocycles. The lowest BCUT2D eigenvalue weighted by atomic mass is 10.1. The topological polar surface area (TPSA) is 17.1 Å². The first-order valence-corrected chi connectivity index (χ1v) is 6.39. The van der Waals surface area contributed by atoms with Gasteiger partial charge in [-0.25, -0.2) is 0 Å². The molecular formula is C18H16O. The van der Waals surface area contributed by atoms with Crippen molar-refractivity contribution in [1.82, 2.24) is 0 Å². The van der Waals surface area contributed by atoms with Gasteiger partial charge in [0.15, 0.2) is 0 Å². The fraction of sp³-hybridized carbons (Fsp3) is 0.167. The molecule has 94 valence electrons. The van der Waals surface area contributed by atoms with E-state index >= 15 is 0 Å². The van der Waals surface area contributed by atoms with Crippen LogP contribution in [0.15, 0.2) is 54.6 Å². The Morgan fingerprint density at radius 2 is 1.68 bits per heavy atom. The first kappa shape index (κ1) is 13.1. The Bertz CT molecular complexity index is 598. The molecule has 0 fully saturated rings. The minimum atomic E-state index is -0.104. The first-order valence-electron chi connectivity index (χ1n) is 6.39. The third kappa shape index (κ3) is 4.12. The number of Topliss-reactive ketones (excluding diaryl/α,β-unsaturated/α-hetero) is 1. The van der Waals surface area contributed by atoms with Gasteiger partial charge in [0, 0.05) is 12.0 Å². The third-order valence-corrected chi connectivity index (χ3v) is 2.90. The zero-order valence-electron chi connectivity index (χ0n) is 11.0. The second-order valence-electron chi connectivity index (χ2n) is 4.48. The van der Waals surface area contributed by atoms with E-state index in [9.17, 15) is 4.79 Å². The number of carbonyl (C=O) groups is 1. The van der Waals surface area contributed by atoms with Crippen molar-refractivity contribution in [3.8, 4) is 11.8 Å². The average Bonchev–Trinajstić information content (AvgIpc) is 2.45. The first-order chi connectivity index (χ1) is 9.25. The second kappa shape index (κ2) is 6.56. The van der Waals surface area contributed by atoms with Gasteiger partial charge in [-0.15, -0.1) is 0 Å². The van der Waals surface area contributed by atoms with Gasteiger partial charge >= 0.3 is 0 Å². The fourth-order valence-corrected chi connectivity index (χ4v) is 1.77. The van der Waals surface area contributed by atoms with Gasteiger partial charge in [0.2, 0.25) is 5.78 Å². The number of ketones is 1. The Hall–Kier alpha value is -2.33. The predicted octanol–water partition coefficient (Wildman–Crippen LogP) is 3.81. The molecule has 2 aromatic carbocycles. The Labute approximate surface area is 114 Å². The summed E-state index contributed by atoms with van der Waals surface area (Å²) in [7, 11) is 0. The zero-order chi connectivity index (χ0) is 13.5. The molecule has 0 aliphatic rings. The third-order valence-electron chi connectivity index (χ3n) is 2.90. The van der Waals surface area contributed by atoms with Crippen LogP contribution in [0, 0.1) is 18.8 Å². The van der Waals surface area contributed by atoms with E-state index in [1.165, 1.54) is 5.56 Å². The summed E-state index contributed by atoms with van der Waals surface area (Å²) in [5.41, 5.74) is 3.06. The number of hydrogen-bond acceptors (Lipinski definition) is 1. The summed E-state index contributed by atoms with van der Waals surface area (Å²) in [6, 6.07) is 17.7. The molecule has 1 nitrogen and oxygen atoms in total. The standard InChI is InChI=1S/C18H16O/c1-15-11-13-17(14-12-15)18(19)10-6-5-9-16-7-3-2-4-8-16/h2-4,7-8,11-14H,5,9H2,1H3. The number of benzene rings is 2. The largest absolute Gasteiger partial charge is 0.279 e. The highest BCUT2D eigenvalue weighted by Gasteiger charge is 2.00. The van der Waals surface area contributed by atoms with Crippen LogP contribution in [0.3, 0.4) is 0 Å². The van der Waals surface area contributed by atoms with Crippen LogP contribution in [-0.2, 0) is 6.42 Å². The average molecular weight is 248 g/mol. The molecule has 0 aliphatic heterocycles. The molecule has 0 N–H and O–H groups in total. The van der Waals surface area contributed by atoms with E-state index < -0.39 is 0 Å². The zero-order valence-corrected chi connectivity index (χ0v) is 11.0. The van der Waals surface area contributed by atoms with Crippen molar-refractivity contribution in [2.75, 3.05) is 0 Å². The van der Waals surface area contributed by atoms with E-state index in [4.69, 9.17) is 0 Å². The molecule has 0 unspecified atom stereocenters. The SMILES string of the molecule is Cc1ccc(C(=O)C#CCCc2ccccc2)cc1. The minimum absolute atomic E-state index is 0.104. The van der Waals surface area contributed by atoms with Crippen LogP contribution in [0.5, 0.6) is 0 Å². The van der Waals surface area contributed by atoms with Crippen LogP contribution in [-0.4, -0.2) is 5.78 Å². The van der Waals surface area contributed by atoms with Gasteiger partial charge in [-0.05, 0) is 24.8 Å². The van der Waals surface area contributed by atoms with Crippen LogP contribution in [0.2, 0.25) is 0 Å². The molecule has 0 heterocycles. The van der Waals surface area contributed by atoms with Gasteiger partial charge in [-0.3, -0.25) is 4.79 Å². The summed E-state index contributed by atoms with van der Waals surface area (Å²) in [5.74, 6) is 5.54. The van der Waals surface area contributed by atoms with Crippen molar-refractivity contribution < 1.29 is 4.79 Å². The quantitative estimate of drug-likeness (QED) is 0.458. The van der Waals surface area contributed by atoms with Gasteiger partial charge in [0.05, 0.1) is 0 Å². The summed E-state index contributed by atoms with van der Waals surface area (Å²) in [6.45, 7) is 2.00. The van der Waals surface area contributed by atoms with E-state index in [0.29, 0.717) is 12.0 Å². The van der Waals surface area contributed by atoms with Crippen molar-refractivity contribution in [3.05, 3.63) is 71.3 Å². The van der Waals surface area contributed by atoms with Crippen molar-refractivity contribution in [1.29, 1.82) is 0 Å². The van der Waals surface area contributed by atoms with Crippen LogP contribution in [0.1, 0.15) is 27.9 Å². The van der Waals surface area contributed by atoms with Crippen molar-refractivity contribution in [2.45, 2.75) is 19.8 Å². The number of rotatable bonds is 3. The van der Waals surface area contributed by atoms with Crippen molar-refractivity contribution in [2.24, 2.45) is 0 Å². The summed E-state index contributed by atoms with van der Waals surface area (Å²) in [6.07, 6.45) is 1.59. The lowest BCUT2D eigenvalue weighted by Crippen LogP contribution is -1.94. The molecule has 0 aliphatic carbocycles. The smallest absolute Gasteiger partial charge is 0.235 e. The van der Waals surface area contributed by atoms with Gasteiger partial charge in [0.25, 0.3) is 0 Å². The Morgan fingerprint density at radius 1 is 1.00 bits per heavy atom. The maximum Gasteiger partial charge on any atom is 0.235 e. The highest BCUT2D eigenvalue weighted by atomic mass is 16.1. The number of hydrogen-bond donors (Lipinski definition) is 0.